The van der Waals surface area contributed by atoms with Gasteiger partial charge < -0.3 is 31.1 Å². The number of hydrogen-bond donors (Lipinski definition) is 5. The first-order valence-electron chi connectivity index (χ1n) is 10.9. The van der Waals surface area contributed by atoms with Crippen molar-refractivity contribution in [2.24, 2.45) is 17.6 Å². The van der Waals surface area contributed by atoms with E-state index in [0.717, 1.165) is 0 Å². The number of carbonyl (C=O) groups excluding carboxylic acids is 4. The Labute approximate surface area is 200 Å². The molecule has 1 unspecified atom stereocenters. The Morgan fingerprint density at radius 2 is 1.80 bits per heavy atom. The minimum Gasteiger partial charge on any atom is -0.510 e. The fourth-order valence-corrected chi connectivity index (χ4v) is 5.81. The number of hydrogen-bond acceptors (Lipinski definition) is 10. The molecule has 3 aliphatic carbocycles. The van der Waals surface area contributed by atoms with Crippen LogP contribution in [0.4, 0.5) is 5.69 Å². The van der Waals surface area contributed by atoms with Crippen LogP contribution in [0, 0.1) is 11.8 Å². The second-order valence-electron chi connectivity index (χ2n) is 9.66. The van der Waals surface area contributed by atoms with Crippen molar-refractivity contribution in [2.75, 3.05) is 33.1 Å². The molecule has 0 bridgehead atoms. The van der Waals surface area contributed by atoms with Crippen LogP contribution in [-0.4, -0.2) is 88.9 Å². The molecule has 0 radical (unpaired) electrons. The van der Waals surface area contributed by atoms with Gasteiger partial charge in [0.2, 0.25) is 5.78 Å². The zero-order chi connectivity index (χ0) is 26.1. The molecule has 1 aromatic carbocycles. The summed E-state index contributed by atoms with van der Waals surface area (Å²) in [5, 5.41) is 44.3. The topological polar surface area (TPSA) is 182 Å². The number of likely N-dealkylation sites (N-methyl/N-ethyl adjacent to an activating group) is 1. The third-order valence-electron chi connectivity index (χ3n) is 7.34. The molecule has 0 aromatic heterocycles. The highest BCUT2D eigenvalue weighted by Gasteiger charge is 2.63. The van der Waals surface area contributed by atoms with E-state index in [0.29, 0.717) is 17.5 Å². The van der Waals surface area contributed by atoms with Crippen molar-refractivity contribution in [3.05, 3.63) is 45.4 Å². The Hall–Kier alpha value is -3.70. The number of fused-ring (bicyclic) bond motifs is 3. The van der Waals surface area contributed by atoms with Crippen molar-refractivity contribution in [1.29, 1.82) is 0 Å². The molecular weight excluding hydrogens is 458 g/mol. The van der Waals surface area contributed by atoms with Crippen LogP contribution in [0.5, 0.6) is 5.75 Å². The quantitative estimate of drug-likeness (QED) is 0.287. The Morgan fingerprint density at radius 3 is 2.31 bits per heavy atom. The average molecular weight is 485 g/mol. The van der Waals surface area contributed by atoms with Crippen molar-refractivity contribution in [3.8, 4) is 5.75 Å². The fraction of sp³-hybridized carbons (Fsp3) is 0.417. The van der Waals surface area contributed by atoms with Crippen LogP contribution in [0.2, 0.25) is 0 Å². The van der Waals surface area contributed by atoms with Crippen LogP contribution in [0.3, 0.4) is 0 Å². The van der Waals surface area contributed by atoms with Gasteiger partial charge in [-0.05, 0) is 44.5 Å². The first-order valence-corrected chi connectivity index (χ1v) is 10.9. The second-order valence-corrected chi connectivity index (χ2v) is 9.66. The summed E-state index contributed by atoms with van der Waals surface area (Å²) in [6, 6.07) is 0.405. The van der Waals surface area contributed by atoms with Crippen molar-refractivity contribution >= 4 is 29.4 Å². The number of primary amides is 1. The number of aromatic hydroxyl groups is 1. The van der Waals surface area contributed by atoms with Gasteiger partial charge in [-0.3, -0.25) is 24.1 Å². The molecular formula is C24H27N3O8. The molecule has 1 aromatic rings. The van der Waals surface area contributed by atoms with Crippen molar-refractivity contribution in [2.45, 2.75) is 24.5 Å². The normalized spacial score (nSPS) is 28.0. The highest BCUT2D eigenvalue weighted by molar-refractivity contribution is 6.25. The summed E-state index contributed by atoms with van der Waals surface area (Å²) in [5.74, 6) is -7.32. The molecule has 6 N–H and O–H groups in total. The number of nitrogens with zero attached hydrogens (tertiary/aromatic N) is 2. The van der Waals surface area contributed by atoms with E-state index in [2.05, 4.69) is 0 Å². The summed E-state index contributed by atoms with van der Waals surface area (Å²) in [7, 11) is 6.56. The Balaban J connectivity index is 2.01. The van der Waals surface area contributed by atoms with Gasteiger partial charge in [0, 0.05) is 31.3 Å². The minimum atomic E-state index is -2.70. The number of ketones is 2. The number of aliphatic hydroxyl groups is 3. The number of phenolic OH excluding ortho intramolecular Hbond substituents is 1. The average Bonchev–Trinajstić information content (AvgIpc) is 2.75. The van der Waals surface area contributed by atoms with Gasteiger partial charge in [0.25, 0.3) is 5.91 Å². The third kappa shape index (κ3) is 3.11. The maximum absolute atomic E-state index is 13.6. The highest BCUT2D eigenvalue weighted by Crippen LogP contribution is 2.53. The van der Waals surface area contributed by atoms with Crippen LogP contribution in [0.15, 0.2) is 28.7 Å². The van der Waals surface area contributed by atoms with E-state index in [1.54, 1.807) is 33.1 Å². The fourth-order valence-electron chi connectivity index (χ4n) is 5.81. The van der Waals surface area contributed by atoms with Crippen LogP contribution < -0.4 is 10.6 Å². The number of allylic oxidation sites excluding steroid dienone is 1. The number of nitrogens with two attached hydrogens (primary N) is 1. The molecule has 0 aliphatic heterocycles. The number of Topliss-reactive ketones (excluding diaryl/α,β-unsaturated/α-hetero) is 2. The number of aldehydes is 1. The highest BCUT2D eigenvalue weighted by atomic mass is 16.3. The van der Waals surface area contributed by atoms with Gasteiger partial charge in [0.1, 0.15) is 22.8 Å². The zero-order valence-corrected chi connectivity index (χ0v) is 19.7. The predicted octanol–water partition coefficient (Wildman–Crippen LogP) is -0.000900. The summed E-state index contributed by atoms with van der Waals surface area (Å²) in [5.41, 5.74) is 2.14. The molecule has 0 spiro atoms. The zero-order valence-electron chi connectivity index (χ0n) is 19.7. The summed E-state index contributed by atoms with van der Waals surface area (Å²) >= 11 is 0. The first-order chi connectivity index (χ1) is 16.3. The molecule has 11 heteroatoms. The number of phenols is 1. The lowest BCUT2D eigenvalue weighted by Gasteiger charge is -2.50. The van der Waals surface area contributed by atoms with Gasteiger partial charge >= 0.3 is 0 Å². The van der Waals surface area contributed by atoms with Gasteiger partial charge in [0.05, 0.1) is 17.2 Å². The summed E-state index contributed by atoms with van der Waals surface area (Å²) in [4.78, 5) is 53.6. The lowest BCUT2D eigenvalue weighted by molar-refractivity contribution is -0.148. The van der Waals surface area contributed by atoms with E-state index in [-0.39, 0.29) is 29.5 Å². The molecule has 0 saturated heterocycles. The molecule has 3 aliphatic rings. The number of benzene rings is 1. The van der Waals surface area contributed by atoms with E-state index in [4.69, 9.17) is 5.73 Å². The van der Waals surface area contributed by atoms with E-state index in [1.807, 2.05) is 0 Å². The Bertz CT molecular complexity index is 1260. The molecule has 1 amide bonds. The molecule has 0 saturated carbocycles. The largest absolute Gasteiger partial charge is 0.510 e. The molecule has 4 atom stereocenters. The predicted molar refractivity (Wildman–Crippen MR) is 123 cm³/mol. The van der Waals surface area contributed by atoms with Gasteiger partial charge in [0.15, 0.2) is 17.7 Å². The van der Waals surface area contributed by atoms with Crippen LogP contribution in [0.25, 0.3) is 0 Å². The maximum Gasteiger partial charge on any atom is 0.255 e. The Morgan fingerprint density at radius 1 is 1.17 bits per heavy atom. The molecule has 4 rings (SSSR count). The van der Waals surface area contributed by atoms with E-state index in [1.165, 1.54) is 11.0 Å². The van der Waals surface area contributed by atoms with E-state index >= 15 is 0 Å². The second kappa shape index (κ2) is 7.92. The number of carbonyl (C=O) groups is 4. The number of anilines is 1. The van der Waals surface area contributed by atoms with Gasteiger partial charge in [-0.1, -0.05) is 0 Å². The summed E-state index contributed by atoms with van der Waals surface area (Å²) in [6.07, 6.45) is 0.545. The van der Waals surface area contributed by atoms with Gasteiger partial charge in [-0.25, -0.2) is 0 Å². The molecule has 0 heterocycles. The number of rotatable bonds is 4. The summed E-state index contributed by atoms with van der Waals surface area (Å²) < 4.78 is 0. The SMILES string of the molecule is CN(C)c1cc(C=O)c(O)c2c1C[C@H]1C[C@H]3C(N(C)C)C(O)=C(C(N)=O)C(=O)[C@@]3(O)C(O)=C1C2=O. The van der Waals surface area contributed by atoms with E-state index < -0.39 is 63.8 Å². The van der Waals surface area contributed by atoms with Crippen molar-refractivity contribution in [3.63, 3.8) is 0 Å². The minimum absolute atomic E-state index is 0.00513. The van der Waals surface area contributed by atoms with Gasteiger partial charge in [-0.15, -0.1) is 0 Å². The molecule has 0 fully saturated rings. The first kappa shape index (κ1) is 24.4. The van der Waals surface area contributed by atoms with E-state index in [9.17, 15) is 39.6 Å². The third-order valence-corrected chi connectivity index (χ3v) is 7.34. The van der Waals surface area contributed by atoms with Crippen molar-refractivity contribution < 1.29 is 39.6 Å². The molecule has 11 nitrogen and oxygen atoms in total. The van der Waals surface area contributed by atoms with Crippen LogP contribution in [-0.2, 0) is 16.0 Å². The van der Waals surface area contributed by atoms with Gasteiger partial charge in [-0.2, -0.15) is 0 Å². The van der Waals surface area contributed by atoms with Crippen LogP contribution >= 0.6 is 0 Å². The maximum atomic E-state index is 13.6. The smallest absolute Gasteiger partial charge is 0.255 e. The number of amides is 1. The van der Waals surface area contributed by atoms with Crippen LogP contribution in [0.1, 0.15) is 32.7 Å². The monoisotopic (exact) mass is 485 g/mol. The molecule has 35 heavy (non-hydrogen) atoms. The number of aliphatic hydroxyl groups excluding tert-OH is 2. The Kier molecular flexibility index (Phi) is 5.53. The summed E-state index contributed by atoms with van der Waals surface area (Å²) in [6.45, 7) is 0. The van der Waals surface area contributed by atoms with Crippen molar-refractivity contribution in [1.82, 2.24) is 4.90 Å². The lowest BCUT2D eigenvalue weighted by atomic mass is 9.58. The molecule has 186 valence electrons. The standard InChI is InChI=1S/C24H27N3O8/c1-26(2)13-7-10(8-28)18(29)15-11(13)5-9-6-12-17(27(3)4)20(31)16(23(25)34)22(33)24(12,35)21(32)14(9)19(15)30/h7-9,12,17,29,31-32,35H,5-6H2,1-4H3,(H2,25,34)/t9-,12-,17?,24-/m0/s1. The lowest BCUT2D eigenvalue weighted by Crippen LogP contribution is -2.63.